The molecule has 0 spiro atoms. The fourth-order valence-electron chi connectivity index (χ4n) is 3.01. The molecule has 0 fully saturated rings. The summed E-state index contributed by atoms with van der Waals surface area (Å²) in [4.78, 5) is 12.5. The highest BCUT2D eigenvalue weighted by molar-refractivity contribution is 7.92. The van der Waals surface area contributed by atoms with Gasteiger partial charge >= 0.3 is 6.18 Å². The Labute approximate surface area is 198 Å². The van der Waals surface area contributed by atoms with Crippen molar-refractivity contribution in [2.24, 2.45) is 0 Å². The maximum Gasteiger partial charge on any atom is 0.417 e. The van der Waals surface area contributed by atoms with Gasteiger partial charge in [0.25, 0.3) is 15.9 Å². The normalized spacial score (nSPS) is 11.6. The SMILES string of the molecule is COc1cccc(OC)c1C(=O)Nc1ccc(S(=O)(=O)Nc2ccc(Cl)c(C(F)(F)F)c2)cc1. The summed E-state index contributed by atoms with van der Waals surface area (Å²) in [5.74, 6) is 0.00625. The molecule has 12 heteroatoms. The number of methoxy groups -OCH3 is 2. The van der Waals surface area contributed by atoms with E-state index in [9.17, 15) is 26.4 Å². The van der Waals surface area contributed by atoms with E-state index in [0.29, 0.717) is 6.07 Å². The van der Waals surface area contributed by atoms with Crippen molar-refractivity contribution in [3.63, 3.8) is 0 Å². The number of amides is 1. The van der Waals surface area contributed by atoms with E-state index >= 15 is 0 Å². The second kappa shape index (κ2) is 9.82. The van der Waals surface area contributed by atoms with E-state index < -0.39 is 32.7 Å². The van der Waals surface area contributed by atoms with Crippen LogP contribution in [0.4, 0.5) is 24.5 Å². The molecule has 0 aliphatic heterocycles. The average molecular weight is 515 g/mol. The third-order valence-electron chi connectivity index (χ3n) is 4.60. The summed E-state index contributed by atoms with van der Waals surface area (Å²) in [6, 6.07) is 12.5. The molecule has 0 aliphatic rings. The minimum absolute atomic E-state index is 0.147. The minimum atomic E-state index is -4.75. The first kappa shape index (κ1) is 25.2. The topological polar surface area (TPSA) is 93.7 Å². The molecule has 0 unspecified atom stereocenters. The molecule has 180 valence electrons. The van der Waals surface area contributed by atoms with Crippen LogP contribution in [0.25, 0.3) is 0 Å². The lowest BCUT2D eigenvalue weighted by atomic mass is 10.1. The first-order chi connectivity index (χ1) is 16.0. The lowest BCUT2D eigenvalue weighted by Crippen LogP contribution is -2.16. The van der Waals surface area contributed by atoms with Gasteiger partial charge in [-0.1, -0.05) is 17.7 Å². The van der Waals surface area contributed by atoms with Crippen LogP contribution in [-0.4, -0.2) is 28.5 Å². The number of hydrogen-bond donors (Lipinski definition) is 2. The molecule has 34 heavy (non-hydrogen) atoms. The number of carbonyl (C=O) groups excluding carboxylic acids is 1. The van der Waals surface area contributed by atoms with Crippen LogP contribution < -0.4 is 19.5 Å². The number of rotatable bonds is 7. The summed E-state index contributed by atoms with van der Waals surface area (Å²) in [6.07, 6.45) is -4.75. The number of ether oxygens (including phenoxy) is 2. The average Bonchev–Trinajstić information content (AvgIpc) is 2.79. The Morgan fingerprint density at radius 2 is 1.47 bits per heavy atom. The third-order valence-corrected chi connectivity index (χ3v) is 6.33. The standard InChI is InChI=1S/C22H18ClF3N2O5S/c1-32-18-4-3-5-19(33-2)20(18)21(29)27-13-6-9-15(10-7-13)34(30,31)28-14-8-11-17(23)16(12-14)22(24,25)26/h3-12,28H,1-2H3,(H,27,29). The van der Waals surface area contributed by atoms with Gasteiger partial charge in [-0.15, -0.1) is 0 Å². The second-order valence-corrected chi connectivity index (χ2v) is 8.90. The Kier molecular flexibility index (Phi) is 7.27. The summed E-state index contributed by atoms with van der Waals surface area (Å²) in [5.41, 5.74) is -1.06. The van der Waals surface area contributed by atoms with Crippen molar-refractivity contribution in [3.05, 3.63) is 76.8 Å². The maximum absolute atomic E-state index is 13.0. The van der Waals surface area contributed by atoms with Crippen molar-refractivity contribution in [2.75, 3.05) is 24.3 Å². The number of benzene rings is 3. The number of sulfonamides is 1. The van der Waals surface area contributed by atoms with E-state index in [1.165, 1.54) is 38.5 Å². The number of anilines is 2. The van der Waals surface area contributed by atoms with Crippen LogP contribution in [0.3, 0.4) is 0 Å². The number of hydrogen-bond acceptors (Lipinski definition) is 5. The molecule has 3 aromatic carbocycles. The molecule has 3 rings (SSSR count). The molecule has 2 N–H and O–H groups in total. The van der Waals surface area contributed by atoms with Gasteiger partial charge in [-0.05, 0) is 54.6 Å². The van der Waals surface area contributed by atoms with E-state index in [1.807, 2.05) is 0 Å². The summed E-state index contributed by atoms with van der Waals surface area (Å²) in [7, 11) is -1.42. The lowest BCUT2D eigenvalue weighted by Gasteiger charge is -2.14. The number of nitrogens with one attached hydrogen (secondary N) is 2. The Morgan fingerprint density at radius 3 is 2.00 bits per heavy atom. The predicted octanol–water partition coefficient (Wildman–Crippen LogP) is 5.43. The van der Waals surface area contributed by atoms with Gasteiger partial charge in [0.05, 0.1) is 29.7 Å². The Balaban J connectivity index is 1.80. The number of carbonyl (C=O) groups is 1. The molecule has 0 aliphatic carbocycles. The van der Waals surface area contributed by atoms with Gasteiger partial charge in [-0.3, -0.25) is 9.52 Å². The third kappa shape index (κ3) is 5.54. The van der Waals surface area contributed by atoms with Gasteiger partial charge in [0, 0.05) is 11.4 Å². The van der Waals surface area contributed by atoms with Crippen molar-refractivity contribution in [1.29, 1.82) is 0 Å². The second-order valence-electron chi connectivity index (χ2n) is 6.81. The summed E-state index contributed by atoms with van der Waals surface area (Å²) < 4.78 is 76.8. The van der Waals surface area contributed by atoms with Crippen LogP contribution >= 0.6 is 11.6 Å². The first-order valence-electron chi connectivity index (χ1n) is 9.48. The Hall–Kier alpha value is -3.44. The van der Waals surface area contributed by atoms with E-state index in [-0.39, 0.29) is 33.3 Å². The van der Waals surface area contributed by atoms with Crippen LogP contribution in [-0.2, 0) is 16.2 Å². The molecule has 7 nitrogen and oxygen atoms in total. The predicted molar refractivity (Wildman–Crippen MR) is 121 cm³/mol. The molecule has 0 saturated heterocycles. The molecule has 0 saturated carbocycles. The first-order valence-corrected chi connectivity index (χ1v) is 11.3. The molecular weight excluding hydrogens is 497 g/mol. The molecule has 0 atom stereocenters. The van der Waals surface area contributed by atoms with Crippen molar-refractivity contribution in [3.8, 4) is 11.5 Å². The van der Waals surface area contributed by atoms with Gasteiger partial charge in [0.1, 0.15) is 17.1 Å². The van der Waals surface area contributed by atoms with Gasteiger partial charge in [-0.25, -0.2) is 8.42 Å². The summed E-state index contributed by atoms with van der Waals surface area (Å²) in [5, 5.41) is 2.06. The van der Waals surface area contributed by atoms with Crippen LogP contribution in [0.2, 0.25) is 5.02 Å². The highest BCUT2D eigenvalue weighted by atomic mass is 35.5. The fourth-order valence-corrected chi connectivity index (χ4v) is 4.28. The van der Waals surface area contributed by atoms with Crippen molar-refractivity contribution in [1.82, 2.24) is 0 Å². The number of halogens is 4. The number of alkyl halides is 3. The van der Waals surface area contributed by atoms with Crippen LogP contribution in [0.1, 0.15) is 15.9 Å². The summed E-state index contributed by atoms with van der Waals surface area (Å²) >= 11 is 5.56. The maximum atomic E-state index is 13.0. The van der Waals surface area contributed by atoms with Crippen molar-refractivity contribution < 1.29 is 35.9 Å². The van der Waals surface area contributed by atoms with E-state index in [0.717, 1.165) is 12.1 Å². The highest BCUT2D eigenvalue weighted by Crippen LogP contribution is 2.36. The minimum Gasteiger partial charge on any atom is -0.496 e. The van der Waals surface area contributed by atoms with Crippen molar-refractivity contribution >= 4 is 38.9 Å². The Bertz CT molecular complexity index is 1290. The molecular formula is C22H18ClF3N2O5S. The van der Waals surface area contributed by atoms with Crippen LogP contribution in [0, 0.1) is 0 Å². The fraction of sp³-hybridized carbons (Fsp3) is 0.136. The lowest BCUT2D eigenvalue weighted by molar-refractivity contribution is -0.137. The van der Waals surface area contributed by atoms with Crippen LogP contribution in [0.15, 0.2) is 65.6 Å². The molecule has 0 heterocycles. The zero-order chi connectivity index (χ0) is 25.1. The zero-order valence-corrected chi connectivity index (χ0v) is 19.3. The van der Waals surface area contributed by atoms with E-state index in [4.69, 9.17) is 21.1 Å². The van der Waals surface area contributed by atoms with Gasteiger partial charge in [0.15, 0.2) is 0 Å². The molecule has 0 radical (unpaired) electrons. The monoisotopic (exact) mass is 514 g/mol. The smallest absolute Gasteiger partial charge is 0.417 e. The quantitative estimate of drug-likeness (QED) is 0.438. The molecule has 0 bridgehead atoms. The van der Waals surface area contributed by atoms with Gasteiger partial charge < -0.3 is 14.8 Å². The van der Waals surface area contributed by atoms with Crippen LogP contribution in [0.5, 0.6) is 11.5 Å². The largest absolute Gasteiger partial charge is 0.496 e. The zero-order valence-electron chi connectivity index (χ0n) is 17.7. The molecule has 0 aromatic heterocycles. The summed E-state index contributed by atoms with van der Waals surface area (Å²) in [6.45, 7) is 0. The van der Waals surface area contributed by atoms with E-state index in [2.05, 4.69) is 10.0 Å². The van der Waals surface area contributed by atoms with Crippen molar-refractivity contribution in [2.45, 2.75) is 11.1 Å². The van der Waals surface area contributed by atoms with E-state index in [1.54, 1.807) is 18.2 Å². The van der Waals surface area contributed by atoms with Gasteiger partial charge in [0.2, 0.25) is 0 Å². The van der Waals surface area contributed by atoms with Gasteiger partial charge in [-0.2, -0.15) is 13.2 Å². The Morgan fingerprint density at radius 1 is 0.912 bits per heavy atom. The molecule has 1 amide bonds. The highest BCUT2D eigenvalue weighted by Gasteiger charge is 2.33. The molecule has 3 aromatic rings.